The third-order valence-corrected chi connectivity index (χ3v) is 3.03. The van der Waals surface area contributed by atoms with Crippen LogP contribution >= 0.6 is 11.6 Å². The molecule has 1 unspecified atom stereocenters. The summed E-state index contributed by atoms with van der Waals surface area (Å²) in [6, 6.07) is 5.27. The Morgan fingerprint density at radius 1 is 1.44 bits per heavy atom. The molecule has 16 heavy (non-hydrogen) atoms. The monoisotopic (exact) mass is 238 g/mol. The number of nitrogens with two attached hydrogens (primary N) is 1. The van der Waals surface area contributed by atoms with Crippen molar-refractivity contribution < 1.29 is 5.11 Å². The Bertz CT molecular complexity index is 519. The summed E-state index contributed by atoms with van der Waals surface area (Å²) in [5.41, 5.74) is 8.47. The van der Waals surface area contributed by atoms with Crippen LogP contribution < -0.4 is 5.73 Å². The highest BCUT2D eigenvalue weighted by molar-refractivity contribution is 6.31. The van der Waals surface area contributed by atoms with E-state index in [-0.39, 0.29) is 6.04 Å². The number of aliphatic hydroxyl groups excluding tert-OH is 1. The third-order valence-electron chi connectivity index (χ3n) is 2.79. The van der Waals surface area contributed by atoms with E-state index >= 15 is 0 Å². The van der Waals surface area contributed by atoms with E-state index in [0.717, 1.165) is 22.2 Å². The highest BCUT2D eigenvalue weighted by Crippen LogP contribution is 2.30. The van der Waals surface area contributed by atoms with Gasteiger partial charge in [-0.05, 0) is 32.0 Å². The lowest BCUT2D eigenvalue weighted by atomic mass is 10.0. The number of benzene rings is 1. The molecular formula is C12H15ClN2O. The molecular weight excluding hydrogens is 224 g/mol. The van der Waals surface area contributed by atoms with Crippen LogP contribution in [0.15, 0.2) is 18.2 Å². The van der Waals surface area contributed by atoms with Crippen LogP contribution in [0, 0.1) is 6.92 Å². The van der Waals surface area contributed by atoms with E-state index in [1.54, 1.807) is 6.92 Å². The second kappa shape index (κ2) is 4.09. The molecule has 4 heteroatoms. The van der Waals surface area contributed by atoms with Gasteiger partial charge in [0.25, 0.3) is 0 Å². The maximum absolute atomic E-state index is 10.1. The molecule has 0 fully saturated rings. The van der Waals surface area contributed by atoms with Gasteiger partial charge in [-0.2, -0.15) is 0 Å². The molecule has 0 saturated heterocycles. The maximum Gasteiger partial charge on any atom is 0.0961 e. The summed E-state index contributed by atoms with van der Waals surface area (Å²) in [7, 11) is 0. The topological polar surface area (TPSA) is 62.0 Å². The molecule has 1 aromatic heterocycles. The Labute approximate surface area is 99.2 Å². The minimum Gasteiger partial charge on any atom is -0.387 e. The number of aryl methyl sites for hydroxylation is 1. The number of aromatic amines is 1. The van der Waals surface area contributed by atoms with Gasteiger partial charge in [0.1, 0.15) is 0 Å². The lowest BCUT2D eigenvalue weighted by Crippen LogP contribution is -2.24. The summed E-state index contributed by atoms with van der Waals surface area (Å²) in [5.74, 6) is 0. The van der Waals surface area contributed by atoms with E-state index in [0.29, 0.717) is 5.02 Å². The van der Waals surface area contributed by atoms with E-state index in [1.807, 2.05) is 25.1 Å². The molecule has 0 amide bonds. The Kier molecular flexibility index (Phi) is 2.93. The van der Waals surface area contributed by atoms with Gasteiger partial charge in [-0.15, -0.1) is 0 Å². The van der Waals surface area contributed by atoms with Gasteiger partial charge in [0.2, 0.25) is 0 Å². The first kappa shape index (κ1) is 11.5. The van der Waals surface area contributed by atoms with E-state index in [2.05, 4.69) is 4.98 Å². The van der Waals surface area contributed by atoms with Crippen LogP contribution in [-0.2, 0) is 0 Å². The number of fused-ring (bicyclic) bond motifs is 1. The minimum atomic E-state index is -0.674. The average Bonchev–Trinajstić information content (AvgIpc) is 2.52. The molecule has 3 nitrogen and oxygen atoms in total. The number of hydrogen-bond donors (Lipinski definition) is 3. The molecule has 2 rings (SSSR count). The van der Waals surface area contributed by atoms with E-state index in [9.17, 15) is 5.11 Å². The summed E-state index contributed by atoms with van der Waals surface area (Å²) in [6.07, 6.45) is -0.674. The summed E-state index contributed by atoms with van der Waals surface area (Å²) in [5, 5.41) is 11.7. The molecule has 0 spiro atoms. The van der Waals surface area contributed by atoms with Crippen LogP contribution in [0.25, 0.3) is 10.9 Å². The molecule has 86 valence electrons. The zero-order valence-corrected chi connectivity index (χ0v) is 10.0. The van der Waals surface area contributed by atoms with Gasteiger partial charge >= 0.3 is 0 Å². The highest BCUT2D eigenvalue weighted by Gasteiger charge is 2.19. The van der Waals surface area contributed by atoms with Crippen LogP contribution in [-0.4, -0.2) is 16.1 Å². The van der Waals surface area contributed by atoms with Crippen molar-refractivity contribution >= 4 is 22.5 Å². The largest absolute Gasteiger partial charge is 0.387 e. The molecule has 1 aromatic carbocycles. The molecule has 0 bridgehead atoms. The fourth-order valence-corrected chi connectivity index (χ4v) is 2.14. The Hall–Kier alpha value is -1.03. The molecule has 2 aromatic rings. The summed E-state index contributed by atoms with van der Waals surface area (Å²) < 4.78 is 0. The summed E-state index contributed by atoms with van der Waals surface area (Å²) >= 11 is 5.96. The number of H-pyrrole nitrogens is 1. The van der Waals surface area contributed by atoms with Crippen molar-refractivity contribution in [2.24, 2.45) is 5.73 Å². The molecule has 4 N–H and O–H groups in total. The van der Waals surface area contributed by atoms with Gasteiger partial charge in [0.05, 0.1) is 6.10 Å². The number of nitrogens with one attached hydrogen (secondary N) is 1. The minimum absolute atomic E-state index is 0.309. The standard InChI is InChI=1S/C12H15ClN2O/c1-6(14)12(16)11-7(2)15-10-4-3-8(13)5-9(10)11/h3-6,12,15-16H,14H2,1-2H3/t6-,12?/m0/s1. The fraction of sp³-hybridized carbons (Fsp3) is 0.333. The molecule has 0 saturated carbocycles. The first-order valence-electron chi connectivity index (χ1n) is 5.22. The van der Waals surface area contributed by atoms with Crippen LogP contribution in [0.2, 0.25) is 5.02 Å². The smallest absolute Gasteiger partial charge is 0.0961 e. The molecule has 1 heterocycles. The van der Waals surface area contributed by atoms with Crippen LogP contribution in [0.3, 0.4) is 0 Å². The van der Waals surface area contributed by atoms with Gasteiger partial charge in [0, 0.05) is 33.2 Å². The number of rotatable bonds is 2. The van der Waals surface area contributed by atoms with E-state index in [4.69, 9.17) is 17.3 Å². The predicted molar refractivity (Wildman–Crippen MR) is 66.7 cm³/mol. The fourth-order valence-electron chi connectivity index (χ4n) is 1.96. The van der Waals surface area contributed by atoms with Crippen molar-refractivity contribution in [3.05, 3.63) is 34.5 Å². The summed E-state index contributed by atoms with van der Waals surface area (Å²) in [4.78, 5) is 3.22. The number of aromatic nitrogens is 1. The van der Waals surface area contributed by atoms with Crippen molar-refractivity contribution in [2.45, 2.75) is 26.0 Å². The zero-order valence-electron chi connectivity index (χ0n) is 9.29. The van der Waals surface area contributed by atoms with Crippen molar-refractivity contribution in [3.63, 3.8) is 0 Å². The Morgan fingerprint density at radius 3 is 2.75 bits per heavy atom. The second-order valence-corrected chi connectivity index (χ2v) is 4.59. The number of halogens is 1. The normalized spacial score (nSPS) is 15.3. The van der Waals surface area contributed by atoms with E-state index < -0.39 is 6.10 Å². The maximum atomic E-state index is 10.1. The zero-order chi connectivity index (χ0) is 11.9. The lowest BCUT2D eigenvalue weighted by Gasteiger charge is -2.15. The van der Waals surface area contributed by atoms with Gasteiger partial charge < -0.3 is 15.8 Å². The van der Waals surface area contributed by atoms with Crippen molar-refractivity contribution in [1.29, 1.82) is 0 Å². The molecule has 0 aliphatic carbocycles. The number of aliphatic hydroxyl groups is 1. The molecule has 2 atom stereocenters. The molecule has 0 aliphatic rings. The van der Waals surface area contributed by atoms with Gasteiger partial charge in [0.15, 0.2) is 0 Å². The van der Waals surface area contributed by atoms with Crippen LogP contribution in [0.4, 0.5) is 0 Å². The van der Waals surface area contributed by atoms with Crippen molar-refractivity contribution in [1.82, 2.24) is 4.98 Å². The van der Waals surface area contributed by atoms with Crippen LogP contribution in [0.5, 0.6) is 0 Å². The first-order chi connectivity index (χ1) is 7.50. The van der Waals surface area contributed by atoms with Gasteiger partial charge in [-0.25, -0.2) is 0 Å². The van der Waals surface area contributed by atoms with Crippen molar-refractivity contribution in [3.8, 4) is 0 Å². The Balaban J connectivity index is 2.67. The third kappa shape index (κ3) is 1.82. The van der Waals surface area contributed by atoms with E-state index in [1.165, 1.54) is 0 Å². The molecule has 0 radical (unpaired) electrons. The highest BCUT2D eigenvalue weighted by atomic mass is 35.5. The molecule has 0 aliphatic heterocycles. The van der Waals surface area contributed by atoms with Crippen LogP contribution in [0.1, 0.15) is 24.3 Å². The number of hydrogen-bond acceptors (Lipinski definition) is 2. The average molecular weight is 239 g/mol. The summed E-state index contributed by atoms with van der Waals surface area (Å²) in [6.45, 7) is 3.71. The van der Waals surface area contributed by atoms with Gasteiger partial charge in [-0.1, -0.05) is 11.6 Å². The van der Waals surface area contributed by atoms with Gasteiger partial charge in [-0.3, -0.25) is 0 Å². The van der Waals surface area contributed by atoms with Crippen molar-refractivity contribution in [2.75, 3.05) is 0 Å². The quantitative estimate of drug-likeness (QED) is 0.753. The Morgan fingerprint density at radius 2 is 2.12 bits per heavy atom. The first-order valence-corrected chi connectivity index (χ1v) is 5.60. The second-order valence-electron chi connectivity index (χ2n) is 4.16. The lowest BCUT2D eigenvalue weighted by molar-refractivity contribution is 0.154. The SMILES string of the molecule is Cc1[nH]c2ccc(Cl)cc2c1C(O)[C@H](C)N. The predicted octanol–water partition coefficient (Wildman–Crippen LogP) is 2.51.